The summed E-state index contributed by atoms with van der Waals surface area (Å²) in [5.74, 6) is 16.9. The Morgan fingerprint density at radius 2 is 1.05 bits per heavy atom. The summed E-state index contributed by atoms with van der Waals surface area (Å²) in [6, 6.07) is 0. The van der Waals surface area contributed by atoms with Gasteiger partial charge in [-0.25, -0.2) is 0 Å². The standard InChI is InChI=1S/C21H28/c1-7-12-8-3-5-10-14(8)19-16(12)17-13(7)9-4-6-11-15(9)20(17)21(19,2)18(10)11/h7-20H,3-6H2,1-2H3/t7?,8-,9-,10+,11+,12-,13+,14+,15-,16-,17-,18?,19-,20+,21?/m1/s1. The molecule has 0 radical (unpaired) electrons. The molecule has 15 atom stereocenters. The molecular weight excluding hydrogens is 252 g/mol. The SMILES string of the molecule is CC1[C@@H]2[C@H]3CC[C@@H]4C5[C@H]6CC[C@@H]7[C@H]1[C@@H]1[C@@H]2[C@@H]([C@@H]34)C5(C)[C@H]1[C@H]76. The Balaban J connectivity index is 1.52. The summed E-state index contributed by atoms with van der Waals surface area (Å²) in [4.78, 5) is 0. The number of fused-ring (bicyclic) bond motifs is 4. The van der Waals surface area contributed by atoms with Gasteiger partial charge in [-0.3, -0.25) is 0 Å². The average molecular weight is 280 g/mol. The maximum atomic E-state index is 2.85. The normalized spacial score (nSPS) is 86.0. The summed E-state index contributed by atoms with van der Waals surface area (Å²) in [6.45, 7) is 5.58. The van der Waals surface area contributed by atoms with Gasteiger partial charge in [-0.1, -0.05) is 13.8 Å². The summed E-state index contributed by atoms with van der Waals surface area (Å²) in [7, 11) is 0. The highest BCUT2D eigenvalue weighted by molar-refractivity contribution is 5.35. The lowest BCUT2D eigenvalue weighted by Gasteiger charge is -2.35. The molecule has 8 rings (SSSR count). The van der Waals surface area contributed by atoms with Crippen molar-refractivity contribution in [3.05, 3.63) is 0 Å². The monoisotopic (exact) mass is 280 g/mol. The molecule has 0 nitrogen and oxygen atoms in total. The second-order valence-electron chi connectivity index (χ2n) is 11.1. The van der Waals surface area contributed by atoms with E-state index >= 15 is 0 Å². The van der Waals surface area contributed by atoms with Gasteiger partial charge in [0.25, 0.3) is 0 Å². The molecule has 0 aromatic carbocycles. The van der Waals surface area contributed by atoms with Gasteiger partial charge in [-0.2, -0.15) is 0 Å². The van der Waals surface area contributed by atoms with Gasteiger partial charge < -0.3 is 0 Å². The lowest BCUT2D eigenvalue weighted by atomic mass is 9.69. The van der Waals surface area contributed by atoms with Crippen molar-refractivity contribution < 1.29 is 0 Å². The highest BCUT2D eigenvalue weighted by Crippen LogP contribution is 2.92. The van der Waals surface area contributed by atoms with Crippen molar-refractivity contribution in [1.29, 1.82) is 0 Å². The first-order valence-electron chi connectivity index (χ1n) is 10.2. The van der Waals surface area contributed by atoms with Crippen molar-refractivity contribution in [3.8, 4) is 0 Å². The van der Waals surface area contributed by atoms with Crippen molar-refractivity contribution in [1.82, 2.24) is 0 Å². The number of rotatable bonds is 0. The summed E-state index contributed by atoms with van der Waals surface area (Å²) in [5.41, 5.74) is 0.848. The van der Waals surface area contributed by atoms with E-state index in [1.165, 1.54) is 76.9 Å². The molecule has 0 saturated heterocycles. The molecule has 0 spiro atoms. The topological polar surface area (TPSA) is 0 Å². The second-order valence-corrected chi connectivity index (χ2v) is 11.1. The molecule has 0 bridgehead atoms. The molecule has 0 heterocycles. The van der Waals surface area contributed by atoms with E-state index < -0.39 is 0 Å². The Labute approximate surface area is 128 Å². The van der Waals surface area contributed by atoms with Crippen LogP contribution in [0.1, 0.15) is 39.5 Å². The highest BCUT2D eigenvalue weighted by atomic mass is 14.9. The van der Waals surface area contributed by atoms with Crippen molar-refractivity contribution in [2.45, 2.75) is 39.5 Å². The molecule has 0 aromatic rings. The largest absolute Gasteiger partial charge is 0.0619 e. The van der Waals surface area contributed by atoms with Crippen LogP contribution >= 0.6 is 0 Å². The molecule has 0 N–H and O–H groups in total. The lowest BCUT2D eigenvalue weighted by molar-refractivity contribution is 0.123. The molecule has 8 saturated carbocycles. The van der Waals surface area contributed by atoms with Crippen LogP contribution < -0.4 is 0 Å². The molecular formula is C21H28. The highest BCUT2D eigenvalue weighted by Gasteiger charge is 2.88. The molecule has 0 aromatic heterocycles. The molecule has 0 heteroatoms. The Hall–Kier alpha value is 0. The number of hydrogen-bond acceptors (Lipinski definition) is 0. The van der Waals surface area contributed by atoms with E-state index in [0.717, 1.165) is 11.3 Å². The Kier molecular flexibility index (Phi) is 1.36. The van der Waals surface area contributed by atoms with Crippen molar-refractivity contribution in [2.24, 2.45) is 88.3 Å². The van der Waals surface area contributed by atoms with Crippen molar-refractivity contribution >= 4 is 0 Å². The number of hydrogen-bond donors (Lipinski definition) is 0. The van der Waals surface area contributed by atoms with Crippen LogP contribution in [0.5, 0.6) is 0 Å². The van der Waals surface area contributed by atoms with Gasteiger partial charge in [0.15, 0.2) is 0 Å². The van der Waals surface area contributed by atoms with Crippen LogP contribution in [0.15, 0.2) is 0 Å². The van der Waals surface area contributed by atoms with Gasteiger partial charge >= 0.3 is 0 Å². The first-order valence-corrected chi connectivity index (χ1v) is 10.2. The molecule has 8 aliphatic rings. The minimum atomic E-state index is 0.848. The van der Waals surface area contributed by atoms with E-state index in [1.807, 2.05) is 0 Å². The van der Waals surface area contributed by atoms with E-state index in [-0.39, 0.29) is 0 Å². The van der Waals surface area contributed by atoms with Gasteiger partial charge in [0.1, 0.15) is 0 Å². The fraction of sp³-hybridized carbons (Fsp3) is 1.00. The predicted molar refractivity (Wildman–Crippen MR) is 81.1 cm³/mol. The van der Waals surface area contributed by atoms with Crippen LogP contribution in [0.2, 0.25) is 0 Å². The Bertz CT molecular complexity index is 541. The van der Waals surface area contributed by atoms with Crippen LogP contribution in [0.25, 0.3) is 0 Å². The predicted octanol–water partition coefficient (Wildman–Crippen LogP) is 4.31. The maximum Gasteiger partial charge on any atom is -0.0224 e. The maximum absolute atomic E-state index is 2.85. The van der Waals surface area contributed by atoms with E-state index in [4.69, 9.17) is 0 Å². The third-order valence-corrected chi connectivity index (χ3v) is 11.9. The molecule has 8 fully saturated rings. The van der Waals surface area contributed by atoms with Crippen LogP contribution in [-0.2, 0) is 0 Å². The third-order valence-electron chi connectivity index (χ3n) is 11.9. The third kappa shape index (κ3) is 0.703. The van der Waals surface area contributed by atoms with Gasteiger partial charge in [0, 0.05) is 0 Å². The van der Waals surface area contributed by atoms with E-state index in [0.29, 0.717) is 0 Å². The van der Waals surface area contributed by atoms with Crippen molar-refractivity contribution in [3.63, 3.8) is 0 Å². The Morgan fingerprint density at radius 3 is 1.57 bits per heavy atom. The molecule has 0 amide bonds. The summed E-state index contributed by atoms with van der Waals surface area (Å²) in [6.07, 6.45) is 6.60. The van der Waals surface area contributed by atoms with Crippen LogP contribution in [0, 0.1) is 88.3 Å². The minimum absolute atomic E-state index is 0.848. The Morgan fingerprint density at radius 1 is 0.571 bits per heavy atom. The summed E-state index contributed by atoms with van der Waals surface area (Å²) >= 11 is 0. The van der Waals surface area contributed by atoms with E-state index in [1.54, 1.807) is 25.7 Å². The fourth-order valence-electron chi connectivity index (χ4n) is 12.8. The van der Waals surface area contributed by atoms with Crippen molar-refractivity contribution in [2.75, 3.05) is 0 Å². The minimum Gasteiger partial charge on any atom is -0.0619 e. The van der Waals surface area contributed by atoms with Crippen LogP contribution in [0.3, 0.4) is 0 Å². The zero-order valence-corrected chi connectivity index (χ0v) is 13.4. The lowest BCUT2D eigenvalue weighted by Crippen LogP contribution is -2.30. The zero-order chi connectivity index (χ0) is 13.4. The summed E-state index contributed by atoms with van der Waals surface area (Å²) < 4.78 is 0. The molecule has 112 valence electrons. The van der Waals surface area contributed by atoms with Crippen LogP contribution in [-0.4, -0.2) is 0 Å². The quantitative estimate of drug-likeness (QED) is 0.620. The second kappa shape index (κ2) is 2.67. The van der Waals surface area contributed by atoms with Gasteiger partial charge in [0.05, 0.1) is 0 Å². The molecule has 0 aliphatic heterocycles. The summed E-state index contributed by atoms with van der Waals surface area (Å²) in [5, 5.41) is 0. The van der Waals surface area contributed by atoms with Crippen LogP contribution in [0.4, 0.5) is 0 Å². The van der Waals surface area contributed by atoms with Gasteiger partial charge in [0.2, 0.25) is 0 Å². The van der Waals surface area contributed by atoms with E-state index in [9.17, 15) is 0 Å². The fourth-order valence-corrected chi connectivity index (χ4v) is 12.8. The molecule has 8 aliphatic carbocycles. The van der Waals surface area contributed by atoms with E-state index in [2.05, 4.69) is 13.8 Å². The first-order chi connectivity index (χ1) is 10.2. The van der Waals surface area contributed by atoms with Gasteiger partial charge in [-0.15, -0.1) is 0 Å². The zero-order valence-electron chi connectivity index (χ0n) is 13.4. The molecule has 21 heavy (non-hydrogen) atoms. The average Bonchev–Trinajstić information content (AvgIpc) is 3.16. The molecule has 3 unspecified atom stereocenters. The smallest absolute Gasteiger partial charge is 0.0224 e. The van der Waals surface area contributed by atoms with Gasteiger partial charge in [-0.05, 0) is 114 Å². The first kappa shape index (κ1) is 10.7.